The van der Waals surface area contributed by atoms with Crippen molar-refractivity contribution in [1.82, 2.24) is 4.57 Å². The minimum Gasteiger partial charge on any atom is -0.319 e. The molecular formula is C10H15NSi. The number of hydrogen-bond donors (Lipinski definition) is 0. The van der Waals surface area contributed by atoms with Crippen LogP contribution < -0.4 is 5.19 Å². The summed E-state index contributed by atoms with van der Waals surface area (Å²) < 4.78 is 2.53. The van der Waals surface area contributed by atoms with Gasteiger partial charge in [0, 0.05) is 6.54 Å². The predicted molar refractivity (Wildman–Crippen MR) is 55.0 cm³/mol. The smallest absolute Gasteiger partial charge is 0.154 e. The second-order valence-electron chi connectivity index (χ2n) is 4.07. The molecule has 0 atom stereocenters. The van der Waals surface area contributed by atoms with E-state index in [1.165, 1.54) is 5.56 Å². The molecule has 0 aromatic heterocycles. The highest BCUT2D eigenvalue weighted by molar-refractivity contribution is 6.88. The molecule has 0 spiro atoms. The van der Waals surface area contributed by atoms with Crippen molar-refractivity contribution in [2.75, 3.05) is 7.05 Å². The van der Waals surface area contributed by atoms with Gasteiger partial charge in [0.2, 0.25) is 0 Å². The first kappa shape index (κ1) is 8.02. The maximum absolute atomic E-state index is 2.53. The average Bonchev–Trinajstić information content (AvgIpc) is 2.25. The molecule has 2 heteroatoms. The van der Waals surface area contributed by atoms with Crippen molar-refractivity contribution in [3.8, 4) is 0 Å². The summed E-state index contributed by atoms with van der Waals surface area (Å²) in [5.74, 6) is 0. The van der Waals surface area contributed by atoms with Crippen molar-refractivity contribution in [1.29, 1.82) is 0 Å². The number of hydrogen-bond acceptors (Lipinski definition) is 1. The Labute approximate surface area is 75.1 Å². The first-order valence-electron chi connectivity index (χ1n) is 4.42. The third-order valence-corrected chi connectivity index (χ3v) is 6.91. The van der Waals surface area contributed by atoms with Crippen LogP contribution in [0, 0.1) is 0 Å². The van der Waals surface area contributed by atoms with Gasteiger partial charge in [0.25, 0.3) is 0 Å². The van der Waals surface area contributed by atoms with Crippen molar-refractivity contribution in [3.63, 3.8) is 0 Å². The van der Waals surface area contributed by atoms with E-state index in [0.29, 0.717) is 0 Å². The highest BCUT2D eigenvalue weighted by Gasteiger charge is 2.36. The van der Waals surface area contributed by atoms with E-state index in [-0.39, 0.29) is 0 Å². The van der Waals surface area contributed by atoms with Crippen LogP contribution in [0.5, 0.6) is 0 Å². The SMILES string of the molecule is CN1Cc2ccccc2[Si]1(C)C. The van der Waals surface area contributed by atoms with Crippen LogP contribution in [0.25, 0.3) is 0 Å². The van der Waals surface area contributed by atoms with Crippen LogP contribution in [0.1, 0.15) is 5.56 Å². The molecule has 1 aliphatic heterocycles. The Hall–Kier alpha value is -0.603. The molecule has 0 bridgehead atoms. The maximum Gasteiger partial charge on any atom is 0.154 e. The molecule has 64 valence electrons. The summed E-state index contributed by atoms with van der Waals surface area (Å²) in [6.45, 7) is 5.98. The van der Waals surface area contributed by atoms with E-state index in [9.17, 15) is 0 Å². The number of benzene rings is 1. The van der Waals surface area contributed by atoms with Gasteiger partial charge in [-0.2, -0.15) is 0 Å². The van der Waals surface area contributed by atoms with Crippen molar-refractivity contribution >= 4 is 13.4 Å². The minimum atomic E-state index is -1.23. The quantitative estimate of drug-likeness (QED) is 0.543. The fourth-order valence-electron chi connectivity index (χ4n) is 1.91. The van der Waals surface area contributed by atoms with Gasteiger partial charge in [-0.1, -0.05) is 37.4 Å². The fourth-order valence-corrected chi connectivity index (χ4v) is 4.34. The summed E-state index contributed by atoms with van der Waals surface area (Å²) in [5.41, 5.74) is 1.54. The summed E-state index contributed by atoms with van der Waals surface area (Å²) in [6.07, 6.45) is 0. The zero-order chi connectivity index (χ0) is 8.77. The highest BCUT2D eigenvalue weighted by atomic mass is 28.3. The number of fused-ring (bicyclic) bond motifs is 1. The first-order valence-corrected chi connectivity index (χ1v) is 7.37. The van der Waals surface area contributed by atoms with Crippen LogP contribution >= 0.6 is 0 Å². The predicted octanol–water partition coefficient (Wildman–Crippen LogP) is 1.54. The number of rotatable bonds is 0. The summed E-state index contributed by atoms with van der Waals surface area (Å²) in [6, 6.07) is 8.86. The van der Waals surface area contributed by atoms with Crippen LogP contribution in [-0.2, 0) is 6.54 Å². The van der Waals surface area contributed by atoms with E-state index < -0.39 is 8.24 Å². The second kappa shape index (κ2) is 2.44. The van der Waals surface area contributed by atoms with E-state index in [0.717, 1.165) is 6.54 Å². The lowest BCUT2D eigenvalue weighted by Gasteiger charge is -2.25. The molecular weight excluding hydrogens is 162 g/mol. The Morgan fingerprint density at radius 3 is 2.58 bits per heavy atom. The molecule has 0 saturated heterocycles. The Morgan fingerprint density at radius 1 is 1.25 bits per heavy atom. The molecule has 0 unspecified atom stereocenters. The fraction of sp³-hybridized carbons (Fsp3) is 0.400. The Balaban J connectivity index is 2.55. The third kappa shape index (κ3) is 0.951. The summed E-state index contributed by atoms with van der Waals surface area (Å²) >= 11 is 0. The molecule has 12 heavy (non-hydrogen) atoms. The highest BCUT2D eigenvalue weighted by Crippen LogP contribution is 2.20. The zero-order valence-corrected chi connectivity index (χ0v) is 8.96. The number of nitrogens with zero attached hydrogens (tertiary/aromatic N) is 1. The maximum atomic E-state index is 2.53. The van der Waals surface area contributed by atoms with Crippen molar-refractivity contribution < 1.29 is 0 Å². The molecule has 0 radical (unpaired) electrons. The summed E-state index contributed by atoms with van der Waals surface area (Å²) in [4.78, 5) is 0. The molecule has 1 heterocycles. The van der Waals surface area contributed by atoms with Crippen LogP contribution in [0.3, 0.4) is 0 Å². The molecule has 1 aromatic rings. The van der Waals surface area contributed by atoms with Crippen LogP contribution in [0.2, 0.25) is 13.1 Å². The Morgan fingerprint density at radius 2 is 1.92 bits per heavy atom. The molecule has 0 amide bonds. The summed E-state index contributed by atoms with van der Waals surface area (Å²) in [5, 5.41) is 1.62. The summed E-state index contributed by atoms with van der Waals surface area (Å²) in [7, 11) is 1.01. The van der Waals surface area contributed by atoms with E-state index in [1.807, 2.05) is 0 Å². The molecule has 2 rings (SSSR count). The van der Waals surface area contributed by atoms with Gasteiger partial charge >= 0.3 is 0 Å². The Kier molecular flexibility index (Phi) is 1.63. The lowest BCUT2D eigenvalue weighted by Crippen LogP contribution is -2.49. The van der Waals surface area contributed by atoms with Crippen LogP contribution in [-0.4, -0.2) is 19.8 Å². The molecule has 1 aromatic carbocycles. The molecule has 0 aliphatic carbocycles. The van der Waals surface area contributed by atoms with Crippen molar-refractivity contribution in [2.45, 2.75) is 19.6 Å². The normalized spacial score (nSPS) is 20.9. The van der Waals surface area contributed by atoms with E-state index in [2.05, 4.69) is 49.0 Å². The minimum absolute atomic E-state index is 1.15. The van der Waals surface area contributed by atoms with Gasteiger partial charge in [-0.05, 0) is 17.8 Å². The van der Waals surface area contributed by atoms with Gasteiger partial charge in [0.05, 0.1) is 0 Å². The average molecular weight is 177 g/mol. The van der Waals surface area contributed by atoms with Gasteiger partial charge in [-0.3, -0.25) is 0 Å². The standard InChI is InChI=1S/C10H15NSi/c1-11-8-9-6-4-5-7-10(9)12(11,2)3/h4-7H,8H2,1-3H3. The second-order valence-corrected chi connectivity index (χ2v) is 8.49. The van der Waals surface area contributed by atoms with Gasteiger partial charge in [-0.15, -0.1) is 0 Å². The molecule has 0 saturated carbocycles. The Bertz CT molecular complexity index is 306. The van der Waals surface area contributed by atoms with E-state index >= 15 is 0 Å². The van der Waals surface area contributed by atoms with Gasteiger partial charge in [0.1, 0.15) is 0 Å². The van der Waals surface area contributed by atoms with Crippen LogP contribution in [0.4, 0.5) is 0 Å². The monoisotopic (exact) mass is 177 g/mol. The van der Waals surface area contributed by atoms with Gasteiger partial charge < -0.3 is 4.57 Å². The van der Waals surface area contributed by atoms with E-state index in [4.69, 9.17) is 0 Å². The van der Waals surface area contributed by atoms with Crippen molar-refractivity contribution in [2.24, 2.45) is 0 Å². The zero-order valence-electron chi connectivity index (χ0n) is 7.96. The first-order chi connectivity index (χ1) is 5.62. The topological polar surface area (TPSA) is 3.24 Å². The van der Waals surface area contributed by atoms with Crippen molar-refractivity contribution in [3.05, 3.63) is 29.8 Å². The molecule has 1 nitrogen and oxygen atoms in total. The lowest BCUT2D eigenvalue weighted by molar-refractivity contribution is 0.529. The molecule has 0 N–H and O–H groups in total. The lowest BCUT2D eigenvalue weighted by atomic mass is 10.2. The molecule has 0 fully saturated rings. The molecule has 1 aliphatic rings. The van der Waals surface area contributed by atoms with Gasteiger partial charge in [-0.25, -0.2) is 0 Å². The van der Waals surface area contributed by atoms with E-state index in [1.54, 1.807) is 5.19 Å². The van der Waals surface area contributed by atoms with Gasteiger partial charge in [0.15, 0.2) is 8.24 Å². The largest absolute Gasteiger partial charge is 0.319 e. The van der Waals surface area contributed by atoms with Crippen LogP contribution in [0.15, 0.2) is 24.3 Å². The third-order valence-electron chi connectivity index (χ3n) is 3.04.